The Labute approximate surface area is 67.2 Å². The van der Waals surface area contributed by atoms with Gasteiger partial charge in [-0.25, -0.2) is 0 Å². The minimum atomic E-state index is -0.798. The van der Waals surface area contributed by atoms with Crippen LogP contribution in [-0.4, -0.2) is 11.1 Å². The number of carbonyl (C=O) groups is 1. The highest BCUT2D eigenvalue weighted by Crippen LogP contribution is 2.01. The topological polar surface area (TPSA) is 37.3 Å². The van der Waals surface area contributed by atoms with Gasteiger partial charge in [-0.1, -0.05) is 31.2 Å². The van der Waals surface area contributed by atoms with Crippen LogP contribution in [0.3, 0.4) is 0 Å². The summed E-state index contributed by atoms with van der Waals surface area (Å²) in [5, 5.41) is 8.63. The first-order valence-corrected chi connectivity index (χ1v) is 3.74. The molecule has 0 radical (unpaired) electrons. The molecule has 2 heteroatoms. The second-order valence-electron chi connectivity index (χ2n) is 2.23. The fraction of sp³-hybridized carbons (Fsp3) is 0.444. The van der Waals surface area contributed by atoms with Gasteiger partial charge in [-0.2, -0.15) is 0 Å². The zero-order chi connectivity index (χ0) is 8.69. The molecule has 0 aliphatic heterocycles. The second-order valence-corrected chi connectivity index (χ2v) is 2.23. The lowest BCUT2D eigenvalue weighted by Gasteiger charge is -1.98. The van der Waals surface area contributed by atoms with Gasteiger partial charge in [-0.3, -0.25) is 4.79 Å². The Morgan fingerprint density at radius 1 is 1.55 bits per heavy atom. The summed E-state index contributed by atoms with van der Waals surface area (Å²) in [7, 11) is 0. The molecule has 1 atom stereocenters. The van der Waals surface area contributed by atoms with Crippen LogP contribution in [0.25, 0.3) is 0 Å². The number of rotatable bonds is 4. The zero-order valence-electron chi connectivity index (χ0n) is 6.95. The van der Waals surface area contributed by atoms with Gasteiger partial charge in [0.2, 0.25) is 0 Å². The Kier molecular flexibility index (Phi) is 5.17. The molecular weight excluding hydrogens is 140 g/mol. The van der Waals surface area contributed by atoms with E-state index in [1.807, 2.05) is 19.9 Å². The van der Waals surface area contributed by atoms with Crippen molar-refractivity contribution in [2.75, 3.05) is 0 Å². The summed E-state index contributed by atoms with van der Waals surface area (Å²) >= 11 is 0. The fourth-order valence-corrected chi connectivity index (χ4v) is 0.719. The summed E-state index contributed by atoms with van der Waals surface area (Å²) in [5.41, 5.74) is 0. The molecule has 0 fully saturated rings. The molecular formula is C9H14O2. The minimum Gasteiger partial charge on any atom is -0.481 e. The quantitative estimate of drug-likeness (QED) is 0.630. The normalized spacial score (nSPS) is 14.4. The van der Waals surface area contributed by atoms with Gasteiger partial charge in [0.15, 0.2) is 0 Å². The van der Waals surface area contributed by atoms with Crippen LogP contribution in [0.15, 0.2) is 24.3 Å². The molecule has 0 aliphatic carbocycles. The van der Waals surface area contributed by atoms with Crippen LogP contribution < -0.4 is 0 Å². The van der Waals surface area contributed by atoms with Gasteiger partial charge in [0.05, 0.1) is 5.92 Å². The van der Waals surface area contributed by atoms with Crippen molar-refractivity contribution in [3.05, 3.63) is 24.3 Å². The molecule has 0 heterocycles. The SMILES string of the molecule is CC=CC(C=CCC)C(=O)O. The van der Waals surface area contributed by atoms with Crippen molar-refractivity contribution in [3.63, 3.8) is 0 Å². The molecule has 1 unspecified atom stereocenters. The van der Waals surface area contributed by atoms with Gasteiger partial charge in [0.1, 0.15) is 0 Å². The van der Waals surface area contributed by atoms with Crippen LogP contribution in [0.5, 0.6) is 0 Å². The average Bonchev–Trinajstić information content (AvgIpc) is 1.97. The van der Waals surface area contributed by atoms with Gasteiger partial charge in [0, 0.05) is 0 Å². The first-order chi connectivity index (χ1) is 5.22. The summed E-state index contributed by atoms with van der Waals surface area (Å²) in [5.74, 6) is -1.26. The summed E-state index contributed by atoms with van der Waals surface area (Å²) in [6.45, 7) is 3.79. The van der Waals surface area contributed by atoms with E-state index in [0.717, 1.165) is 6.42 Å². The van der Waals surface area contributed by atoms with Crippen LogP contribution in [0.2, 0.25) is 0 Å². The third-order valence-electron chi connectivity index (χ3n) is 1.26. The highest BCUT2D eigenvalue weighted by atomic mass is 16.4. The Morgan fingerprint density at radius 2 is 2.18 bits per heavy atom. The van der Waals surface area contributed by atoms with E-state index in [4.69, 9.17) is 5.11 Å². The average molecular weight is 154 g/mol. The molecule has 62 valence electrons. The van der Waals surface area contributed by atoms with E-state index in [2.05, 4.69) is 0 Å². The highest BCUT2D eigenvalue weighted by Gasteiger charge is 2.07. The number of allylic oxidation sites excluding steroid dienone is 2. The predicted molar refractivity (Wildman–Crippen MR) is 45.4 cm³/mol. The highest BCUT2D eigenvalue weighted by molar-refractivity contribution is 5.74. The molecule has 0 saturated carbocycles. The van der Waals surface area contributed by atoms with Crippen molar-refractivity contribution in [2.45, 2.75) is 20.3 Å². The van der Waals surface area contributed by atoms with Crippen molar-refractivity contribution >= 4 is 5.97 Å². The third kappa shape index (κ3) is 4.37. The van der Waals surface area contributed by atoms with Crippen molar-refractivity contribution in [1.82, 2.24) is 0 Å². The molecule has 0 bridgehead atoms. The van der Waals surface area contributed by atoms with Crippen molar-refractivity contribution in [2.24, 2.45) is 5.92 Å². The van der Waals surface area contributed by atoms with Gasteiger partial charge in [-0.15, -0.1) is 0 Å². The van der Waals surface area contributed by atoms with Gasteiger partial charge >= 0.3 is 5.97 Å². The monoisotopic (exact) mass is 154 g/mol. The number of aliphatic carboxylic acids is 1. The molecule has 0 spiro atoms. The molecule has 0 aromatic rings. The van der Waals surface area contributed by atoms with Crippen molar-refractivity contribution in [1.29, 1.82) is 0 Å². The van der Waals surface area contributed by atoms with Gasteiger partial charge < -0.3 is 5.11 Å². The first-order valence-electron chi connectivity index (χ1n) is 3.74. The second kappa shape index (κ2) is 5.71. The number of carboxylic acid groups (broad SMARTS) is 1. The molecule has 0 saturated heterocycles. The maximum absolute atomic E-state index is 10.5. The van der Waals surface area contributed by atoms with Crippen LogP contribution in [0, 0.1) is 5.92 Å². The fourth-order valence-electron chi connectivity index (χ4n) is 0.719. The lowest BCUT2D eigenvalue weighted by atomic mass is 10.1. The van der Waals surface area contributed by atoms with Crippen LogP contribution in [-0.2, 0) is 4.79 Å². The van der Waals surface area contributed by atoms with E-state index in [1.54, 1.807) is 18.2 Å². The number of hydrogen-bond acceptors (Lipinski definition) is 1. The first kappa shape index (κ1) is 9.95. The zero-order valence-corrected chi connectivity index (χ0v) is 6.95. The van der Waals surface area contributed by atoms with Crippen LogP contribution >= 0.6 is 0 Å². The van der Waals surface area contributed by atoms with E-state index in [1.165, 1.54) is 0 Å². The maximum Gasteiger partial charge on any atom is 0.314 e. The standard InChI is InChI=1S/C9H14O2/c1-3-5-7-8(6-4-2)9(10)11/h4-8H,3H2,1-2H3,(H,10,11). The van der Waals surface area contributed by atoms with E-state index in [0.29, 0.717) is 0 Å². The Morgan fingerprint density at radius 3 is 2.55 bits per heavy atom. The van der Waals surface area contributed by atoms with E-state index in [-0.39, 0.29) is 0 Å². The third-order valence-corrected chi connectivity index (χ3v) is 1.26. The molecule has 1 N–H and O–H groups in total. The van der Waals surface area contributed by atoms with Gasteiger partial charge in [0.25, 0.3) is 0 Å². The molecule has 0 rings (SSSR count). The lowest BCUT2D eigenvalue weighted by Crippen LogP contribution is -2.07. The summed E-state index contributed by atoms with van der Waals surface area (Å²) < 4.78 is 0. The molecule has 0 aromatic heterocycles. The Hall–Kier alpha value is -1.05. The molecule has 0 aliphatic rings. The molecule has 0 amide bonds. The smallest absolute Gasteiger partial charge is 0.314 e. The molecule has 11 heavy (non-hydrogen) atoms. The predicted octanol–water partition coefficient (Wildman–Crippen LogP) is 2.23. The maximum atomic E-state index is 10.5. The summed E-state index contributed by atoms with van der Waals surface area (Å²) in [4.78, 5) is 10.5. The van der Waals surface area contributed by atoms with Crippen molar-refractivity contribution < 1.29 is 9.90 Å². The summed E-state index contributed by atoms with van der Waals surface area (Å²) in [6.07, 6.45) is 7.84. The van der Waals surface area contributed by atoms with Gasteiger partial charge in [-0.05, 0) is 13.3 Å². The van der Waals surface area contributed by atoms with E-state index in [9.17, 15) is 4.79 Å². The largest absolute Gasteiger partial charge is 0.481 e. The molecule has 0 aromatic carbocycles. The Balaban J connectivity index is 4.11. The van der Waals surface area contributed by atoms with Crippen LogP contribution in [0.4, 0.5) is 0 Å². The number of carboxylic acids is 1. The van der Waals surface area contributed by atoms with E-state index >= 15 is 0 Å². The molecule has 2 nitrogen and oxygen atoms in total. The van der Waals surface area contributed by atoms with Crippen molar-refractivity contribution in [3.8, 4) is 0 Å². The van der Waals surface area contributed by atoms with E-state index < -0.39 is 11.9 Å². The van der Waals surface area contributed by atoms with Crippen LogP contribution in [0.1, 0.15) is 20.3 Å². The minimum absolute atomic E-state index is 0.458. The lowest BCUT2D eigenvalue weighted by molar-refractivity contribution is -0.138. The summed E-state index contributed by atoms with van der Waals surface area (Å²) in [6, 6.07) is 0. The Bertz CT molecular complexity index is 168. The number of hydrogen-bond donors (Lipinski definition) is 1.